The molecule has 1 amide bonds. The molecule has 1 aliphatic carbocycles. The van der Waals surface area contributed by atoms with Crippen molar-refractivity contribution in [1.82, 2.24) is 20.1 Å². The summed E-state index contributed by atoms with van der Waals surface area (Å²) in [7, 11) is 1.97. The molecular formula is C16H19ClN4OS. The Morgan fingerprint density at radius 1 is 1.39 bits per heavy atom. The van der Waals surface area contributed by atoms with Gasteiger partial charge in [0, 0.05) is 24.5 Å². The zero-order valence-corrected chi connectivity index (χ0v) is 14.7. The molecule has 0 saturated heterocycles. The molecule has 1 N–H and O–H groups in total. The maximum atomic E-state index is 12.2. The highest BCUT2D eigenvalue weighted by Crippen LogP contribution is 2.39. The average Bonchev–Trinajstić information content (AvgIpc) is 3.32. The molecule has 1 aromatic heterocycles. The number of benzene rings is 1. The van der Waals surface area contributed by atoms with E-state index in [4.69, 9.17) is 11.6 Å². The third-order valence-corrected chi connectivity index (χ3v) is 5.23. The number of halogens is 1. The van der Waals surface area contributed by atoms with Gasteiger partial charge in [0.15, 0.2) is 5.16 Å². The molecule has 3 rings (SSSR count). The summed E-state index contributed by atoms with van der Waals surface area (Å²) in [6, 6.07) is 7.45. The zero-order valence-electron chi connectivity index (χ0n) is 13.1. The largest absolute Gasteiger partial charge is 0.351 e. The SMILES string of the molecule is C[C@H](Sc1nnc(C2CC2)n1C)C(=O)NCc1ccc(Cl)cc1. The van der Waals surface area contributed by atoms with E-state index >= 15 is 0 Å². The van der Waals surface area contributed by atoms with Gasteiger partial charge in [-0.2, -0.15) is 0 Å². The number of hydrogen-bond acceptors (Lipinski definition) is 4. The fourth-order valence-corrected chi connectivity index (χ4v) is 3.24. The molecule has 0 aliphatic heterocycles. The number of hydrogen-bond donors (Lipinski definition) is 1. The van der Waals surface area contributed by atoms with E-state index in [9.17, 15) is 4.79 Å². The quantitative estimate of drug-likeness (QED) is 0.813. The Hall–Kier alpha value is -1.53. The van der Waals surface area contributed by atoms with E-state index in [-0.39, 0.29) is 11.2 Å². The predicted molar refractivity (Wildman–Crippen MR) is 91.6 cm³/mol. The van der Waals surface area contributed by atoms with Crippen molar-refractivity contribution in [2.75, 3.05) is 0 Å². The van der Waals surface area contributed by atoms with Gasteiger partial charge in [0.05, 0.1) is 5.25 Å². The van der Waals surface area contributed by atoms with Gasteiger partial charge in [-0.3, -0.25) is 4.79 Å². The van der Waals surface area contributed by atoms with Gasteiger partial charge >= 0.3 is 0 Å². The fourth-order valence-electron chi connectivity index (χ4n) is 2.27. The average molecular weight is 351 g/mol. The molecule has 5 nitrogen and oxygen atoms in total. The number of rotatable bonds is 6. The second kappa shape index (κ2) is 6.93. The lowest BCUT2D eigenvalue weighted by Gasteiger charge is -2.11. The van der Waals surface area contributed by atoms with Gasteiger partial charge in [0.1, 0.15) is 5.82 Å². The molecule has 1 heterocycles. The van der Waals surface area contributed by atoms with Crippen molar-refractivity contribution >= 4 is 29.3 Å². The van der Waals surface area contributed by atoms with Crippen LogP contribution < -0.4 is 5.32 Å². The summed E-state index contributed by atoms with van der Waals surface area (Å²) in [5.74, 6) is 1.57. The molecule has 2 aromatic rings. The lowest BCUT2D eigenvalue weighted by atomic mass is 10.2. The van der Waals surface area contributed by atoms with E-state index in [2.05, 4.69) is 15.5 Å². The van der Waals surface area contributed by atoms with Gasteiger partial charge in [-0.1, -0.05) is 35.5 Å². The van der Waals surface area contributed by atoms with Crippen molar-refractivity contribution in [1.29, 1.82) is 0 Å². The van der Waals surface area contributed by atoms with E-state index < -0.39 is 0 Å². The van der Waals surface area contributed by atoms with Crippen LogP contribution in [-0.4, -0.2) is 25.9 Å². The van der Waals surface area contributed by atoms with Gasteiger partial charge < -0.3 is 9.88 Å². The van der Waals surface area contributed by atoms with Crippen molar-refractivity contribution in [3.05, 3.63) is 40.7 Å². The Morgan fingerprint density at radius 2 is 2.09 bits per heavy atom. The topological polar surface area (TPSA) is 59.8 Å². The van der Waals surface area contributed by atoms with Gasteiger partial charge in [-0.05, 0) is 37.5 Å². The first-order valence-electron chi connectivity index (χ1n) is 7.62. The summed E-state index contributed by atoms with van der Waals surface area (Å²) in [6.45, 7) is 2.38. The molecule has 1 saturated carbocycles. The Labute approximate surface area is 144 Å². The third kappa shape index (κ3) is 4.06. The summed E-state index contributed by atoms with van der Waals surface area (Å²) in [5.41, 5.74) is 1.02. The first-order chi connectivity index (χ1) is 11.0. The van der Waals surface area contributed by atoms with Gasteiger partial charge in [-0.25, -0.2) is 0 Å². The molecule has 23 heavy (non-hydrogen) atoms. The summed E-state index contributed by atoms with van der Waals surface area (Å²) >= 11 is 7.29. The molecule has 0 radical (unpaired) electrons. The monoisotopic (exact) mass is 350 g/mol. The van der Waals surface area contributed by atoms with E-state index in [1.807, 2.05) is 42.8 Å². The van der Waals surface area contributed by atoms with E-state index in [1.54, 1.807) is 0 Å². The summed E-state index contributed by atoms with van der Waals surface area (Å²) in [5, 5.41) is 12.6. The van der Waals surface area contributed by atoms with E-state index in [1.165, 1.54) is 24.6 Å². The second-order valence-corrected chi connectivity index (χ2v) is 7.52. The standard InChI is InChI=1S/C16H19ClN4OS/c1-10(15(22)18-9-11-3-7-13(17)8-4-11)23-16-20-19-14(21(16)2)12-5-6-12/h3-4,7-8,10,12H,5-6,9H2,1-2H3,(H,18,22)/t10-/m0/s1. The van der Waals surface area contributed by atoms with Gasteiger partial charge in [-0.15, -0.1) is 10.2 Å². The number of amides is 1. The van der Waals surface area contributed by atoms with Crippen LogP contribution in [0, 0.1) is 0 Å². The molecule has 1 fully saturated rings. The van der Waals surface area contributed by atoms with E-state index in [0.717, 1.165) is 16.5 Å². The van der Waals surface area contributed by atoms with Crippen LogP contribution in [0.25, 0.3) is 0 Å². The first-order valence-corrected chi connectivity index (χ1v) is 8.88. The van der Waals surface area contributed by atoms with Crippen molar-refractivity contribution in [3.63, 3.8) is 0 Å². The van der Waals surface area contributed by atoms with Crippen LogP contribution in [0.15, 0.2) is 29.4 Å². The molecule has 0 spiro atoms. The van der Waals surface area contributed by atoms with E-state index in [0.29, 0.717) is 17.5 Å². The minimum Gasteiger partial charge on any atom is -0.351 e. The normalized spacial score (nSPS) is 15.4. The lowest BCUT2D eigenvalue weighted by molar-refractivity contribution is -0.120. The van der Waals surface area contributed by atoms with Crippen LogP contribution in [0.4, 0.5) is 0 Å². The smallest absolute Gasteiger partial charge is 0.233 e. The minimum absolute atomic E-state index is 0.0130. The highest BCUT2D eigenvalue weighted by Gasteiger charge is 2.30. The molecule has 7 heteroatoms. The lowest BCUT2D eigenvalue weighted by Crippen LogP contribution is -2.30. The van der Waals surface area contributed by atoms with Crippen molar-refractivity contribution < 1.29 is 4.79 Å². The fraction of sp³-hybridized carbons (Fsp3) is 0.438. The molecule has 1 aromatic carbocycles. The van der Waals surface area contributed by atoms with Gasteiger partial charge in [0.25, 0.3) is 0 Å². The van der Waals surface area contributed by atoms with Crippen molar-refractivity contribution in [3.8, 4) is 0 Å². The number of aromatic nitrogens is 3. The maximum absolute atomic E-state index is 12.2. The molecule has 1 atom stereocenters. The molecule has 1 aliphatic rings. The Kier molecular flexibility index (Phi) is 4.92. The third-order valence-electron chi connectivity index (χ3n) is 3.84. The Morgan fingerprint density at radius 3 is 2.74 bits per heavy atom. The zero-order chi connectivity index (χ0) is 16.4. The van der Waals surface area contributed by atoms with Crippen LogP contribution in [0.1, 0.15) is 37.1 Å². The van der Waals surface area contributed by atoms with Crippen LogP contribution in [-0.2, 0) is 18.4 Å². The number of nitrogens with one attached hydrogen (secondary N) is 1. The Bertz CT molecular complexity index is 697. The molecule has 0 bridgehead atoms. The number of thioether (sulfide) groups is 1. The summed E-state index contributed by atoms with van der Waals surface area (Å²) in [6.07, 6.45) is 2.38. The van der Waals surface area contributed by atoms with Crippen molar-refractivity contribution in [2.24, 2.45) is 7.05 Å². The predicted octanol–water partition coefficient (Wildman–Crippen LogP) is 3.14. The number of carbonyl (C=O) groups is 1. The van der Waals surface area contributed by atoms with Crippen LogP contribution in [0.2, 0.25) is 5.02 Å². The second-order valence-electron chi connectivity index (χ2n) is 5.78. The first kappa shape index (κ1) is 16.3. The molecule has 122 valence electrons. The summed E-state index contributed by atoms with van der Waals surface area (Å²) in [4.78, 5) is 12.2. The number of nitrogens with zero attached hydrogens (tertiary/aromatic N) is 3. The summed E-state index contributed by atoms with van der Waals surface area (Å²) < 4.78 is 2.01. The Balaban J connectivity index is 1.54. The van der Waals surface area contributed by atoms with Crippen LogP contribution >= 0.6 is 23.4 Å². The maximum Gasteiger partial charge on any atom is 0.233 e. The molecular weight excluding hydrogens is 332 g/mol. The number of carbonyl (C=O) groups excluding carboxylic acids is 1. The highest BCUT2D eigenvalue weighted by molar-refractivity contribution is 8.00. The minimum atomic E-state index is -0.225. The van der Waals surface area contributed by atoms with Gasteiger partial charge in [0.2, 0.25) is 5.91 Å². The van der Waals surface area contributed by atoms with Crippen molar-refractivity contribution in [2.45, 2.75) is 42.6 Å². The molecule has 0 unspecified atom stereocenters. The highest BCUT2D eigenvalue weighted by atomic mass is 35.5. The van der Waals surface area contributed by atoms with Crippen LogP contribution in [0.3, 0.4) is 0 Å². The van der Waals surface area contributed by atoms with Crippen LogP contribution in [0.5, 0.6) is 0 Å².